The van der Waals surface area contributed by atoms with Crippen LogP contribution in [0.5, 0.6) is 0 Å². The molecule has 2 N–H and O–H groups in total. The minimum Gasteiger partial charge on any atom is -0.370 e. The standard InChI is InChI=1S/C17H31N3/c1-6-10-18-11-15-8-7-9-17(20-15)19-12-16(13(2)3)14(4)5/h7-9,13-14,16,18H,6,10-12H2,1-5H3,(H,19,20). The highest BCUT2D eigenvalue weighted by atomic mass is 15.0. The molecular weight excluding hydrogens is 246 g/mol. The Morgan fingerprint density at radius 3 is 2.40 bits per heavy atom. The van der Waals surface area contributed by atoms with Crippen molar-refractivity contribution < 1.29 is 0 Å². The third-order valence-corrected chi connectivity index (χ3v) is 3.77. The predicted octanol–water partition coefficient (Wildman–Crippen LogP) is 3.92. The normalized spacial score (nSPS) is 11.6. The number of hydrogen-bond donors (Lipinski definition) is 2. The van der Waals surface area contributed by atoms with Gasteiger partial charge in [0.25, 0.3) is 0 Å². The van der Waals surface area contributed by atoms with Crippen molar-refractivity contribution in [3.63, 3.8) is 0 Å². The van der Waals surface area contributed by atoms with Crippen LogP contribution in [0.25, 0.3) is 0 Å². The fraction of sp³-hybridized carbons (Fsp3) is 0.706. The SMILES string of the molecule is CCCNCc1cccc(NCC(C(C)C)C(C)C)n1. The van der Waals surface area contributed by atoms with Crippen LogP contribution < -0.4 is 10.6 Å². The molecule has 0 saturated heterocycles. The molecule has 114 valence electrons. The minimum atomic E-state index is 0.679. The fourth-order valence-corrected chi connectivity index (χ4v) is 2.53. The Hall–Kier alpha value is -1.09. The van der Waals surface area contributed by atoms with E-state index in [1.54, 1.807) is 0 Å². The maximum atomic E-state index is 4.66. The number of anilines is 1. The largest absolute Gasteiger partial charge is 0.370 e. The first kappa shape index (κ1) is 17.0. The van der Waals surface area contributed by atoms with E-state index in [0.29, 0.717) is 17.8 Å². The van der Waals surface area contributed by atoms with Crippen molar-refractivity contribution in [3.05, 3.63) is 23.9 Å². The molecule has 3 heteroatoms. The number of nitrogens with one attached hydrogen (secondary N) is 2. The lowest BCUT2D eigenvalue weighted by Gasteiger charge is -2.25. The second-order valence-electron chi connectivity index (χ2n) is 6.22. The third kappa shape index (κ3) is 5.91. The average Bonchev–Trinajstić information content (AvgIpc) is 2.39. The molecule has 0 amide bonds. The van der Waals surface area contributed by atoms with Gasteiger partial charge in [0.2, 0.25) is 0 Å². The molecule has 0 fully saturated rings. The molecule has 0 atom stereocenters. The summed E-state index contributed by atoms with van der Waals surface area (Å²) in [6.07, 6.45) is 1.16. The molecule has 0 aliphatic carbocycles. The highest BCUT2D eigenvalue weighted by Gasteiger charge is 2.17. The Balaban J connectivity index is 2.52. The summed E-state index contributed by atoms with van der Waals surface area (Å²) in [5.41, 5.74) is 1.11. The Labute approximate surface area is 124 Å². The zero-order valence-electron chi connectivity index (χ0n) is 13.7. The topological polar surface area (TPSA) is 37.0 Å². The number of pyridine rings is 1. The second kappa shape index (κ2) is 8.96. The van der Waals surface area contributed by atoms with E-state index in [0.717, 1.165) is 37.6 Å². The van der Waals surface area contributed by atoms with E-state index < -0.39 is 0 Å². The maximum Gasteiger partial charge on any atom is 0.126 e. The lowest BCUT2D eigenvalue weighted by Crippen LogP contribution is -2.25. The van der Waals surface area contributed by atoms with Gasteiger partial charge >= 0.3 is 0 Å². The van der Waals surface area contributed by atoms with Crippen LogP contribution in [-0.2, 0) is 6.54 Å². The molecule has 1 aromatic rings. The molecule has 0 aromatic carbocycles. The van der Waals surface area contributed by atoms with Gasteiger partial charge in [-0.2, -0.15) is 0 Å². The maximum absolute atomic E-state index is 4.66. The van der Waals surface area contributed by atoms with E-state index in [1.807, 2.05) is 0 Å². The van der Waals surface area contributed by atoms with Crippen LogP contribution >= 0.6 is 0 Å². The van der Waals surface area contributed by atoms with Crippen molar-refractivity contribution in [1.29, 1.82) is 0 Å². The summed E-state index contributed by atoms with van der Waals surface area (Å²) >= 11 is 0. The summed E-state index contributed by atoms with van der Waals surface area (Å²) in [5, 5.41) is 6.89. The summed E-state index contributed by atoms with van der Waals surface area (Å²) < 4.78 is 0. The van der Waals surface area contributed by atoms with E-state index >= 15 is 0 Å². The summed E-state index contributed by atoms with van der Waals surface area (Å²) in [7, 11) is 0. The van der Waals surface area contributed by atoms with Gasteiger partial charge in [-0.15, -0.1) is 0 Å². The molecule has 1 aromatic heterocycles. The second-order valence-corrected chi connectivity index (χ2v) is 6.22. The van der Waals surface area contributed by atoms with Gasteiger partial charge in [-0.1, -0.05) is 40.7 Å². The summed E-state index contributed by atoms with van der Waals surface area (Å²) in [6.45, 7) is 14.2. The molecule has 0 aliphatic heterocycles. The molecular formula is C17H31N3. The molecule has 0 radical (unpaired) electrons. The van der Waals surface area contributed by atoms with E-state index in [2.05, 4.69) is 68.4 Å². The molecule has 3 nitrogen and oxygen atoms in total. The highest BCUT2D eigenvalue weighted by Crippen LogP contribution is 2.20. The van der Waals surface area contributed by atoms with E-state index in [-0.39, 0.29) is 0 Å². The average molecular weight is 277 g/mol. The molecule has 0 bridgehead atoms. The Morgan fingerprint density at radius 1 is 1.10 bits per heavy atom. The molecule has 1 heterocycles. The van der Waals surface area contributed by atoms with Crippen LogP contribution in [0.15, 0.2) is 18.2 Å². The van der Waals surface area contributed by atoms with Crippen molar-refractivity contribution in [2.45, 2.75) is 47.6 Å². The quantitative estimate of drug-likeness (QED) is 0.672. The monoisotopic (exact) mass is 277 g/mol. The van der Waals surface area contributed by atoms with Crippen molar-refractivity contribution in [2.75, 3.05) is 18.4 Å². The highest BCUT2D eigenvalue weighted by molar-refractivity contribution is 5.35. The molecule has 0 unspecified atom stereocenters. The smallest absolute Gasteiger partial charge is 0.126 e. The van der Waals surface area contributed by atoms with Gasteiger partial charge in [0.05, 0.1) is 5.69 Å². The van der Waals surface area contributed by atoms with Gasteiger partial charge in [-0.3, -0.25) is 0 Å². The van der Waals surface area contributed by atoms with Gasteiger partial charge in [0.1, 0.15) is 5.82 Å². The van der Waals surface area contributed by atoms with E-state index in [1.165, 1.54) is 0 Å². The molecule has 0 spiro atoms. The van der Waals surface area contributed by atoms with Crippen molar-refractivity contribution >= 4 is 5.82 Å². The Kier molecular flexibility index (Phi) is 7.60. The van der Waals surface area contributed by atoms with E-state index in [4.69, 9.17) is 0 Å². The van der Waals surface area contributed by atoms with Gasteiger partial charge in [-0.25, -0.2) is 4.98 Å². The van der Waals surface area contributed by atoms with Crippen molar-refractivity contribution in [1.82, 2.24) is 10.3 Å². The summed E-state index contributed by atoms with van der Waals surface area (Å²) in [5.74, 6) is 3.06. The number of hydrogen-bond acceptors (Lipinski definition) is 3. The first-order valence-electron chi connectivity index (χ1n) is 7.95. The van der Waals surface area contributed by atoms with Crippen LogP contribution in [0.2, 0.25) is 0 Å². The first-order valence-corrected chi connectivity index (χ1v) is 7.95. The van der Waals surface area contributed by atoms with Crippen LogP contribution in [0.1, 0.15) is 46.7 Å². The zero-order valence-corrected chi connectivity index (χ0v) is 13.7. The first-order chi connectivity index (χ1) is 9.54. The Morgan fingerprint density at radius 2 is 1.80 bits per heavy atom. The molecule has 20 heavy (non-hydrogen) atoms. The van der Waals surface area contributed by atoms with Gasteiger partial charge in [-0.05, 0) is 42.9 Å². The fourth-order valence-electron chi connectivity index (χ4n) is 2.53. The van der Waals surface area contributed by atoms with Crippen LogP contribution in [0.4, 0.5) is 5.82 Å². The minimum absolute atomic E-state index is 0.679. The lowest BCUT2D eigenvalue weighted by molar-refractivity contribution is 0.304. The lowest BCUT2D eigenvalue weighted by atomic mass is 9.85. The van der Waals surface area contributed by atoms with Gasteiger partial charge in [0.15, 0.2) is 0 Å². The predicted molar refractivity (Wildman–Crippen MR) is 87.9 cm³/mol. The van der Waals surface area contributed by atoms with Crippen LogP contribution in [-0.4, -0.2) is 18.1 Å². The number of rotatable bonds is 9. The zero-order chi connectivity index (χ0) is 15.0. The summed E-state index contributed by atoms with van der Waals surface area (Å²) in [6, 6.07) is 6.22. The van der Waals surface area contributed by atoms with Gasteiger partial charge < -0.3 is 10.6 Å². The number of nitrogens with zero attached hydrogens (tertiary/aromatic N) is 1. The number of aromatic nitrogens is 1. The van der Waals surface area contributed by atoms with Crippen molar-refractivity contribution in [3.8, 4) is 0 Å². The summed E-state index contributed by atoms with van der Waals surface area (Å²) in [4.78, 5) is 4.66. The molecule has 0 aliphatic rings. The molecule has 1 rings (SSSR count). The Bertz CT molecular complexity index is 366. The van der Waals surface area contributed by atoms with Gasteiger partial charge in [0, 0.05) is 13.1 Å². The van der Waals surface area contributed by atoms with Crippen molar-refractivity contribution in [2.24, 2.45) is 17.8 Å². The third-order valence-electron chi connectivity index (χ3n) is 3.77. The molecule has 0 saturated carbocycles. The van der Waals surface area contributed by atoms with Crippen LogP contribution in [0, 0.1) is 17.8 Å². The van der Waals surface area contributed by atoms with Crippen LogP contribution in [0.3, 0.4) is 0 Å². The van der Waals surface area contributed by atoms with E-state index in [9.17, 15) is 0 Å².